The van der Waals surface area contributed by atoms with E-state index >= 15 is 0 Å². The van der Waals surface area contributed by atoms with E-state index in [4.69, 9.17) is 4.43 Å². The van der Waals surface area contributed by atoms with E-state index in [0.717, 1.165) is 25.2 Å². The lowest BCUT2D eigenvalue weighted by molar-refractivity contribution is 0.197. The highest BCUT2D eigenvalue weighted by atomic mass is 28.4. The minimum Gasteiger partial charge on any atom is -0.413 e. The molecule has 1 aliphatic rings. The fraction of sp³-hybridized carbons (Fsp3) is 0.800. The first kappa shape index (κ1) is 15.7. The highest BCUT2D eigenvalue weighted by Gasteiger charge is 2.40. The lowest BCUT2D eigenvalue weighted by Crippen LogP contribution is -2.44. The fourth-order valence-corrected chi connectivity index (χ4v) is 3.80. The van der Waals surface area contributed by atoms with Crippen molar-refractivity contribution in [2.75, 3.05) is 6.54 Å². The Kier molecular flexibility index (Phi) is 4.42. The second-order valence-electron chi connectivity index (χ2n) is 7.50. The van der Waals surface area contributed by atoms with Crippen molar-refractivity contribution in [3.8, 4) is 0 Å². The van der Waals surface area contributed by atoms with Crippen LogP contribution in [-0.2, 0) is 17.9 Å². The quantitative estimate of drug-likeness (QED) is 0.868. The van der Waals surface area contributed by atoms with Gasteiger partial charge in [-0.15, -0.1) is 0 Å². The summed E-state index contributed by atoms with van der Waals surface area (Å²) in [5.74, 6) is 1.15. The van der Waals surface area contributed by atoms with Gasteiger partial charge in [0.05, 0.1) is 6.10 Å². The maximum Gasteiger partial charge on any atom is 0.192 e. The van der Waals surface area contributed by atoms with Crippen molar-refractivity contribution in [2.24, 2.45) is 7.05 Å². The van der Waals surface area contributed by atoms with E-state index in [2.05, 4.69) is 55.8 Å². The van der Waals surface area contributed by atoms with Crippen LogP contribution in [0.1, 0.15) is 33.0 Å². The Hall–Kier alpha value is -0.653. The molecule has 0 aromatic carbocycles. The maximum atomic E-state index is 6.49. The van der Waals surface area contributed by atoms with E-state index in [1.54, 1.807) is 0 Å². The Balaban J connectivity index is 1.88. The molecule has 114 valence electrons. The molecular weight excluding hydrogens is 266 g/mol. The topological polar surface area (TPSA) is 39.1 Å². The summed E-state index contributed by atoms with van der Waals surface area (Å²) in [7, 11) is 0.406. The molecule has 0 radical (unpaired) electrons. The number of nitrogens with one attached hydrogen (secondary N) is 1. The molecule has 2 rings (SSSR count). The van der Waals surface area contributed by atoms with Gasteiger partial charge in [0.25, 0.3) is 0 Å². The van der Waals surface area contributed by atoms with Crippen LogP contribution in [-0.4, -0.2) is 36.6 Å². The van der Waals surface area contributed by atoms with Gasteiger partial charge in [0, 0.05) is 38.4 Å². The van der Waals surface area contributed by atoms with Crippen molar-refractivity contribution in [1.82, 2.24) is 14.9 Å². The Labute approximate surface area is 124 Å². The van der Waals surface area contributed by atoms with Crippen molar-refractivity contribution in [1.29, 1.82) is 0 Å². The zero-order valence-electron chi connectivity index (χ0n) is 13.7. The summed E-state index contributed by atoms with van der Waals surface area (Å²) in [5.41, 5.74) is 0. The largest absolute Gasteiger partial charge is 0.413 e. The molecule has 20 heavy (non-hydrogen) atoms. The molecule has 0 amide bonds. The number of hydrogen-bond acceptors (Lipinski definition) is 3. The van der Waals surface area contributed by atoms with Crippen LogP contribution in [0.5, 0.6) is 0 Å². The predicted molar refractivity (Wildman–Crippen MR) is 85.4 cm³/mol. The number of nitrogens with zero attached hydrogens (tertiary/aromatic N) is 2. The smallest absolute Gasteiger partial charge is 0.192 e. The van der Waals surface area contributed by atoms with Crippen LogP contribution in [0.3, 0.4) is 0 Å². The normalized spacial score (nSPS) is 24.3. The molecule has 1 aliphatic heterocycles. The maximum absolute atomic E-state index is 6.49. The van der Waals surface area contributed by atoms with Crippen LogP contribution in [0.4, 0.5) is 0 Å². The van der Waals surface area contributed by atoms with Crippen molar-refractivity contribution in [3.63, 3.8) is 0 Å². The summed E-state index contributed by atoms with van der Waals surface area (Å²) in [6.07, 6.45) is 6.32. The summed E-state index contributed by atoms with van der Waals surface area (Å²) >= 11 is 0. The summed E-state index contributed by atoms with van der Waals surface area (Å²) in [5, 5.41) is 3.87. The average molecular weight is 296 g/mol. The van der Waals surface area contributed by atoms with Gasteiger partial charge in [-0.2, -0.15) is 0 Å². The average Bonchev–Trinajstić information content (AvgIpc) is 2.88. The Morgan fingerprint density at radius 3 is 2.70 bits per heavy atom. The van der Waals surface area contributed by atoms with Gasteiger partial charge in [-0.1, -0.05) is 20.8 Å². The van der Waals surface area contributed by atoms with E-state index in [9.17, 15) is 0 Å². The third-order valence-electron chi connectivity index (χ3n) is 4.80. The Morgan fingerprint density at radius 2 is 2.15 bits per heavy atom. The number of hydrogen-bond donors (Lipinski definition) is 1. The van der Waals surface area contributed by atoms with Crippen LogP contribution in [0.2, 0.25) is 18.1 Å². The molecule has 0 spiro atoms. The first-order valence-corrected chi connectivity index (χ1v) is 10.5. The van der Waals surface area contributed by atoms with Gasteiger partial charge in [-0.3, -0.25) is 0 Å². The summed E-state index contributed by atoms with van der Waals surface area (Å²) in [6.45, 7) is 12.5. The first-order chi connectivity index (χ1) is 9.19. The molecule has 1 fully saturated rings. The van der Waals surface area contributed by atoms with Gasteiger partial charge in [-0.25, -0.2) is 4.98 Å². The van der Waals surface area contributed by atoms with E-state index in [-0.39, 0.29) is 5.04 Å². The number of aryl methyl sites for hydroxylation is 1. The van der Waals surface area contributed by atoms with E-state index in [1.165, 1.54) is 0 Å². The Morgan fingerprint density at radius 1 is 1.45 bits per heavy atom. The molecule has 0 saturated carbocycles. The summed E-state index contributed by atoms with van der Waals surface area (Å²) in [6, 6.07) is 0.492. The molecule has 4 nitrogen and oxygen atoms in total. The van der Waals surface area contributed by atoms with Crippen molar-refractivity contribution >= 4 is 8.32 Å². The van der Waals surface area contributed by atoms with Gasteiger partial charge in [0.1, 0.15) is 5.82 Å². The second-order valence-corrected chi connectivity index (χ2v) is 12.3. The van der Waals surface area contributed by atoms with E-state index in [1.807, 2.05) is 12.4 Å². The lowest BCUT2D eigenvalue weighted by Gasteiger charge is -2.38. The van der Waals surface area contributed by atoms with Crippen LogP contribution < -0.4 is 5.32 Å². The van der Waals surface area contributed by atoms with Crippen LogP contribution >= 0.6 is 0 Å². The summed E-state index contributed by atoms with van der Waals surface area (Å²) < 4.78 is 8.59. The van der Waals surface area contributed by atoms with E-state index < -0.39 is 8.32 Å². The molecular formula is C15H29N3OSi. The number of imidazole rings is 1. The standard InChI is InChI=1S/C15H29N3OSi/c1-15(2,3)20(5,6)19-13-9-12(17-11-13)10-14-16-7-8-18(14)4/h7-8,12-13,17H,9-11H2,1-6H3/t12-,13+/m0/s1. The van der Waals surface area contributed by atoms with Crippen LogP contribution in [0, 0.1) is 0 Å². The van der Waals surface area contributed by atoms with Gasteiger partial charge in [0.15, 0.2) is 8.32 Å². The molecule has 0 bridgehead atoms. The van der Waals surface area contributed by atoms with E-state index in [0.29, 0.717) is 12.1 Å². The van der Waals surface area contributed by atoms with Gasteiger partial charge in [-0.05, 0) is 24.6 Å². The molecule has 1 aromatic rings. The number of rotatable bonds is 4. The highest BCUT2D eigenvalue weighted by Crippen LogP contribution is 2.38. The van der Waals surface area contributed by atoms with Gasteiger partial charge < -0.3 is 14.3 Å². The molecule has 1 saturated heterocycles. The van der Waals surface area contributed by atoms with Crippen molar-refractivity contribution < 1.29 is 4.43 Å². The first-order valence-electron chi connectivity index (χ1n) is 7.56. The molecule has 1 aromatic heterocycles. The molecule has 0 aliphatic carbocycles. The molecule has 2 heterocycles. The fourth-order valence-electron chi connectivity index (χ4n) is 2.43. The van der Waals surface area contributed by atoms with Gasteiger partial charge in [0.2, 0.25) is 0 Å². The predicted octanol–water partition coefficient (Wildman–Crippen LogP) is 2.71. The van der Waals surface area contributed by atoms with Crippen LogP contribution in [0.15, 0.2) is 12.4 Å². The highest BCUT2D eigenvalue weighted by molar-refractivity contribution is 6.74. The third-order valence-corrected chi connectivity index (χ3v) is 9.33. The van der Waals surface area contributed by atoms with Gasteiger partial charge >= 0.3 is 0 Å². The monoisotopic (exact) mass is 295 g/mol. The number of aromatic nitrogens is 2. The zero-order chi connectivity index (χ0) is 15.0. The molecule has 1 N–H and O–H groups in total. The minimum absolute atomic E-state index is 0.283. The van der Waals surface area contributed by atoms with Crippen molar-refractivity contribution in [2.45, 2.75) is 63.9 Å². The second kappa shape index (κ2) is 5.62. The summed E-state index contributed by atoms with van der Waals surface area (Å²) in [4.78, 5) is 4.41. The molecule has 0 unspecified atom stereocenters. The third kappa shape index (κ3) is 3.51. The zero-order valence-corrected chi connectivity index (χ0v) is 14.7. The molecule has 5 heteroatoms. The van der Waals surface area contributed by atoms with Crippen LogP contribution in [0.25, 0.3) is 0 Å². The lowest BCUT2D eigenvalue weighted by atomic mass is 10.1. The Bertz CT molecular complexity index is 450. The SMILES string of the molecule is Cn1ccnc1C[C@@H]1C[C@@H](O[Si](C)(C)C(C)(C)C)CN1. The van der Waals surface area contributed by atoms with Crippen molar-refractivity contribution in [3.05, 3.63) is 18.2 Å². The molecule has 2 atom stereocenters. The minimum atomic E-state index is -1.65.